The molecule has 1 aromatic carbocycles. The molecule has 1 aromatic rings. The second-order valence-corrected chi connectivity index (χ2v) is 5.48. The Bertz CT molecular complexity index is 516. The number of methoxy groups -OCH3 is 1. The van der Waals surface area contributed by atoms with Gasteiger partial charge in [0.05, 0.1) is 13.3 Å². The zero-order valence-electron chi connectivity index (χ0n) is 12.1. The van der Waals surface area contributed by atoms with Gasteiger partial charge in [-0.1, -0.05) is 19.3 Å². The van der Waals surface area contributed by atoms with E-state index in [-0.39, 0.29) is 5.75 Å². The van der Waals surface area contributed by atoms with Crippen LogP contribution in [0.25, 0.3) is 0 Å². The molecular formula is C15H20FN3OS. The Hall–Kier alpha value is -1.69. The van der Waals surface area contributed by atoms with Gasteiger partial charge in [-0.25, -0.2) is 4.39 Å². The molecule has 2 N–H and O–H groups in total. The summed E-state index contributed by atoms with van der Waals surface area (Å²) in [6.07, 6.45) is 7.62. The largest absolute Gasteiger partial charge is 0.494 e. The lowest BCUT2D eigenvalue weighted by molar-refractivity contribution is 0.386. The maximum absolute atomic E-state index is 13.5. The first kappa shape index (κ1) is 15.7. The van der Waals surface area contributed by atoms with Crippen LogP contribution < -0.4 is 15.5 Å². The number of hydrogen-bond donors (Lipinski definition) is 2. The fourth-order valence-electron chi connectivity index (χ4n) is 2.39. The van der Waals surface area contributed by atoms with E-state index in [0.717, 1.165) is 12.8 Å². The second-order valence-electron chi connectivity index (χ2n) is 5.07. The first-order valence-corrected chi connectivity index (χ1v) is 7.53. The number of hydrazone groups is 1. The lowest BCUT2D eigenvalue weighted by Gasteiger charge is -2.23. The molecule has 2 rings (SSSR count). The Balaban J connectivity index is 1.81. The molecule has 0 radical (unpaired) electrons. The quantitative estimate of drug-likeness (QED) is 0.510. The van der Waals surface area contributed by atoms with E-state index in [1.807, 2.05) is 0 Å². The van der Waals surface area contributed by atoms with Gasteiger partial charge < -0.3 is 10.1 Å². The molecule has 0 saturated heterocycles. The van der Waals surface area contributed by atoms with Crippen LogP contribution in [0.4, 0.5) is 4.39 Å². The highest BCUT2D eigenvalue weighted by atomic mass is 32.1. The molecular weight excluding hydrogens is 289 g/mol. The number of thiocarbonyl (C=S) groups is 1. The van der Waals surface area contributed by atoms with Crippen molar-refractivity contribution in [2.75, 3.05) is 7.11 Å². The van der Waals surface area contributed by atoms with Gasteiger partial charge >= 0.3 is 0 Å². The Morgan fingerprint density at radius 2 is 2.14 bits per heavy atom. The third kappa shape index (κ3) is 4.97. The van der Waals surface area contributed by atoms with E-state index in [1.165, 1.54) is 38.7 Å². The number of hydrogen-bond acceptors (Lipinski definition) is 3. The number of nitrogens with one attached hydrogen (secondary N) is 2. The minimum Gasteiger partial charge on any atom is -0.494 e. The van der Waals surface area contributed by atoms with E-state index in [2.05, 4.69) is 15.8 Å². The van der Waals surface area contributed by atoms with Crippen LogP contribution in [0.1, 0.15) is 37.7 Å². The predicted octanol–water partition coefficient (Wildman–Crippen LogP) is 2.97. The predicted molar refractivity (Wildman–Crippen MR) is 86.3 cm³/mol. The number of halogens is 1. The monoisotopic (exact) mass is 309 g/mol. The van der Waals surface area contributed by atoms with Crippen molar-refractivity contribution in [3.05, 3.63) is 29.6 Å². The summed E-state index contributed by atoms with van der Waals surface area (Å²) in [4.78, 5) is 0. The van der Waals surface area contributed by atoms with Gasteiger partial charge in [0, 0.05) is 6.04 Å². The maximum Gasteiger partial charge on any atom is 0.187 e. The van der Waals surface area contributed by atoms with Crippen LogP contribution in [0.5, 0.6) is 5.75 Å². The van der Waals surface area contributed by atoms with Crippen LogP contribution in [-0.2, 0) is 0 Å². The maximum atomic E-state index is 13.5. The second kappa shape index (κ2) is 7.93. The Kier molecular flexibility index (Phi) is 5.92. The van der Waals surface area contributed by atoms with Gasteiger partial charge in [0.25, 0.3) is 0 Å². The summed E-state index contributed by atoms with van der Waals surface area (Å²) in [5.41, 5.74) is 3.40. The van der Waals surface area contributed by atoms with Gasteiger partial charge in [-0.15, -0.1) is 0 Å². The summed E-state index contributed by atoms with van der Waals surface area (Å²) in [6, 6.07) is 5.09. The van der Waals surface area contributed by atoms with Crippen molar-refractivity contribution in [2.24, 2.45) is 5.10 Å². The number of rotatable bonds is 4. The van der Waals surface area contributed by atoms with Gasteiger partial charge in [0.15, 0.2) is 16.7 Å². The zero-order valence-corrected chi connectivity index (χ0v) is 12.9. The van der Waals surface area contributed by atoms with Crippen molar-refractivity contribution >= 4 is 23.5 Å². The van der Waals surface area contributed by atoms with Crippen LogP contribution in [-0.4, -0.2) is 24.5 Å². The van der Waals surface area contributed by atoms with Gasteiger partial charge in [-0.05, 0) is 48.8 Å². The first-order valence-electron chi connectivity index (χ1n) is 7.12. The molecule has 6 heteroatoms. The molecule has 0 aliphatic heterocycles. The molecule has 1 aliphatic rings. The van der Waals surface area contributed by atoms with Gasteiger partial charge in [0.1, 0.15) is 0 Å². The highest BCUT2D eigenvalue weighted by Gasteiger charge is 2.13. The molecule has 21 heavy (non-hydrogen) atoms. The lowest BCUT2D eigenvalue weighted by atomic mass is 9.96. The molecule has 1 aliphatic carbocycles. The van der Waals surface area contributed by atoms with E-state index in [9.17, 15) is 4.39 Å². The van der Waals surface area contributed by atoms with Crippen LogP contribution in [0.15, 0.2) is 23.3 Å². The van der Waals surface area contributed by atoms with Gasteiger partial charge in [-0.3, -0.25) is 5.43 Å². The van der Waals surface area contributed by atoms with E-state index in [1.54, 1.807) is 12.1 Å². The van der Waals surface area contributed by atoms with E-state index in [4.69, 9.17) is 17.0 Å². The highest BCUT2D eigenvalue weighted by molar-refractivity contribution is 7.80. The fraction of sp³-hybridized carbons (Fsp3) is 0.467. The first-order chi connectivity index (χ1) is 10.2. The molecule has 0 bridgehead atoms. The van der Waals surface area contributed by atoms with Crippen molar-refractivity contribution < 1.29 is 9.13 Å². The average molecular weight is 309 g/mol. The minimum absolute atomic E-state index is 0.217. The highest BCUT2D eigenvalue weighted by Crippen LogP contribution is 2.17. The number of ether oxygens (including phenoxy) is 1. The SMILES string of the molecule is COc1ccc(/C=N\NC(=S)NC2CCCCC2)cc1F. The normalized spacial score (nSPS) is 15.9. The van der Waals surface area contributed by atoms with Crippen LogP contribution >= 0.6 is 12.2 Å². The van der Waals surface area contributed by atoms with Gasteiger partial charge in [-0.2, -0.15) is 5.10 Å². The summed E-state index contributed by atoms with van der Waals surface area (Å²) >= 11 is 5.19. The molecule has 0 aromatic heterocycles. The average Bonchev–Trinajstić information content (AvgIpc) is 2.48. The molecule has 1 saturated carbocycles. The standard InChI is InChI=1S/C15H20FN3OS/c1-20-14-8-7-11(9-13(14)16)10-17-19-15(21)18-12-5-3-2-4-6-12/h7-10,12H,2-6H2,1H3,(H2,18,19,21)/b17-10-. The smallest absolute Gasteiger partial charge is 0.187 e. The van der Waals surface area contributed by atoms with Crippen LogP contribution in [0.2, 0.25) is 0 Å². The summed E-state index contributed by atoms with van der Waals surface area (Å²) in [5.74, 6) is -0.195. The fourth-order valence-corrected chi connectivity index (χ4v) is 2.61. The van der Waals surface area contributed by atoms with Crippen LogP contribution in [0, 0.1) is 5.82 Å². The summed E-state index contributed by atoms with van der Waals surface area (Å²) in [7, 11) is 1.43. The number of benzene rings is 1. The molecule has 1 fully saturated rings. The third-order valence-corrected chi connectivity index (χ3v) is 3.71. The topological polar surface area (TPSA) is 45.6 Å². The Morgan fingerprint density at radius 3 is 2.81 bits per heavy atom. The van der Waals surface area contributed by atoms with Crippen molar-refractivity contribution in [3.63, 3.8) is 0 Å². The molecule has 114 valence electrons. The zero-order chi connectivity index (χ0) is 15.1. The van der Waals surface area contributed by atoms with E-state index in [0.29, 0.717) is 16.7 Å². The van der Waals surface area contributed by atoms with Crippen molar-refractivity contribution in [2.45, 2.75) is 38.1 Å². The molecule has 0 atom stereocenters. The van der Waals surface area contributed by atoms with Crippen LogP contribution in [0.3, 0.4) is 0 Å². The third-order valence-electron chi connectivity index (χ3n) is 3.50. The minimum atomic E-state index is -0.413. The van der Waals surface area contributed by atoms with Gasteiger partial charge in [0.2, 0.25) is 0 Å². The van der Waals surface area contributed by atoms with E-state index < -0.39 is 5.82 Å². The summed E-state index contributed by atoms with van der Waals surface area (Å²) in [5, 5.41) is 7.77. The summed E-state index contributed by atoms with van der Waals surface area (Å²) < 4.78 is 18.4. The molecule has 0 spiro atoms. The Morgan fingerprint density at radius 1 is 1.38 bits per heavy atom. The summed E-state index contributed by atoms with van der Waals surface area (Å²) in [6.45, 7) is 0. The number of nitrogens with zero attached hydrogens (tertiary/aromatic N) is 1. The molecule has 0 unspecified atom stereocenters. The molecule has 4 nitrogen and oxygen atoms in total. The Labute approximate surface area is 129 Å². The van der Waals surface area contributed by atoms with Crippen molar-refractivity contribution in [3.8, 4) is 5.75 Å². The lowest BCUT2D eigenvalue weighted by Crippen LogP contribution is -2.40. The van der Waals surface area contributed by atoms with E-state index >= 15 is 0 Å². The van der Waals surface area contributed by atoms with Crippen molar-refractivity contribution in [1.82, 2.24) is 10.7 Å². The molecule has 0 heterocycles. The van der Waals surface area contributed by atoms with Crippen molar-refractivity contribution in [1.29, 1.82) is 0 Å². The molecule has 0 amide bonds.